The average molecular weight is 312 g/mol. The van der Waals surface area contributed by atoms with Gasteiger partial charge in [-0.1, -0.05) is 12.1 Å². The van der Waals surface area contributed by atoms with E-state index in [4.69, 9.17) is 4.84 Å². The van der Waals surface area contributed by atoms with E-state index in [-0.39, 0.29) is 17.0 Å². The summed E-state index contributed by atoms with van der Waals surface area (Å²) in [5.74, 6) is 0.193. The van der Waals surface area contributed by atoms with E-state index in [1.165, 1.54) is 4.31 Å². The van der Waals surface area contributed by atoms with E-state index in [1.54, 1.807) is 12.5 Å². The van der Waals surface area contributed by atoms with E-state index >= 15 is 0 Å². The van der Waals surface area contributed by atoms with Crippen molar-refractivity contribution in [3.63, 3.8) is 0 Å². The fourth-order valence-electron chi connectivity index (χ4n) is 2.48. The Kier molecular flexibility index (Phi) is 3.75. The molecule has 2 aliphatic heterocycles. The van der Waals surface area contributed by atoms with Gasteiger partial charge in [0.1, 0.15) is 6.61 Å². The topological polar surface area (TPSA) is 76.8 Å². The molecule has 0 bridgehead atoms. The lowest BCUT2D eigenvalue weighted by atomic mass is 9.96. The normalized spacial score (nSPS) is 21.7. The molecule has 8 heteroatoms. The maximum atomic E-state index is 12.5. The SMILES string of the molecule is CCC(C)n1cnc(S(=O)(=O)N2CC(C3=NOCC3)C2)c1. The van der Waals surface area contributed by atoms with Crippen molar-refractivity contribution >= 4 is 15.7 Å². The summed E-state index contributed by atoms with van der Waals surface area (Å²) in [5.41, 5.74) is 0.978. The molecule has 0 spiro atoms. The molecule has 0 radical (unpaired) electrons. The molecular weight excluding hydrogens is 292 g/mol. The van der Waals surface area contributed by atoms with Gasteiger partial charge in [-0.25, -0.2) is 13.4 Å². The summed E-state index contributed by atoms with van der Waals surface area (Å²) in [6.07, 6.45) is 4.95. The van der Waals surface area contributed by atoms with Crippen molar-refractivity contribution < 1.29 is 13.3 Å². The van der Waals surface area contributed by atoms with Crippen molar-refractivity contribution in [2.75, 3.05) is 19.7 Å². The molecule has 3 rings (SSSR count). The van der Waals surface area contributed by atoms with Crippen LogP contribution in [0.25, 0.3) is 0 Å². The maximum Gasteiger partial charge on any atom is 0.262 e. The van der Waals surface area contributed by atoms with E-state index in [0.29, 0.717) is 19.7 Å². The van der Waals surface area contributed by atoms with Crippen LogP contribution >= 0.6 is 0 Å². The summed E-state index contributed by atoms with van der Waals surface area (Å²) in [5, 5.41) is 4.09. The zero-order chi connectivity index (χ0) is 15.0. The lowest BCUT2D eigenvalue weighted by Crippen LogP contribution is -2.52. The van der Waals surface area contributed by atoms with Crippen LogP contribution in [0.4, 0.5) is 0 Å². The van der Waals surface area contributed by atoms with Gasteiger partial charge in [-0.05, 0) is 13.3 Å². The highest BCUT2D eigenvalue weighted by Crippen LogP contribution is 2.27. The van der Waals surface area contributed by atoms with Crippen molar-refractivity contribution in [2.45, 2.75) is 37.8 Å². The molecule has 0 N–H and O–H groups in total. The minimum absolute atomic E-state index is 0.130. The highest BCUT2D eigenvalue weighted by molar-refractivity contribution is 7.89. The first-order valence-corrected chi connectivity index (χ1v) is 8.68. The Morgan fingerprint density at radius 2 is 2.24 bits per heavy atom. The lowest BCUT2D eigenvalue weighted by Gasteiger charge is -2.36. The number of oxime groups is 1. The molecule has 7 nitrogen and oxygen atoms in total. The molecule has 116 valence electrons. The van der Waals surface area contributed by atoms with Crippen LogP contribution in [0.2, 0.25) is 0 Å². The zero-order valence-corrected chi connectivity index (χ0v) is 13.1. The Balaban J connectivity index is 1.69. The molecule has 1 aromatic rings. The summed E-state index contributed by atoms with van der Waals surface area (Å²) in [6.45, 7) is 5.65. The lowest BCUT2D eigenvalue weighted by molar-refractivity contribution is 0.172. The number of hydrogen-bond acceptors (Lipinski definition) is 5. The molecular formula is C13H20N4O3S. The second-order valence-electron chi connectivity index (χ2n) is 5.60. The van der Waals surface area contributed by atoms with Gasteiger partial charge in [-0.3, -0.25) is 0 Å². The predicted molar refractivity (Wildman–Crippen MR) is 77.5 cm³/mol. The molecule has 1 unspecified atom stereocenters. The Labute approximate surface area is 124 Å². The molecule has 0 amide bonds. The van der Waals surface area contributed by atoms with Crippen LogP contribution in [0.3, 0.4) is 0 Å². The highest BCUT2D eigenvalue weighted by Gasteiger charge is 2.41. The fraction of sp³-hybridized carbons (Fsp3) is 0.692. The van der Waals surface area contributed by atoms with Gasteiger partial charge < -0.3 is 9.40 Å². The molecule has 2 aliphatic rings. The van der Waals surface area contributed by atoms with Crippen LogP contribution in [0.1, 0.15) is 32.7 Å². The number of nitrogens with zero attached hydrogens (tertiary/aromatic N) is 4. The van der Waals surface area contributed by atoms with Crippen LogP contribution in [-0.4, -0.2) is 47.7 Å². The van der Waals surface area contributed by atoms with Crippen LogP contribution in [0.15, 0.2) is 22.7 Å². The Morgan fingerprint density at radius 3 is 2.86 bits per heavy atom. The van der Waals surface area contributed by atoms with E-state index in [2.05, 4.69) is 17.1 Å². The van der Waals surface area contributed by atoms with Crippen molar-refractivity contribution in [1.29, 1.82) is 0 Å². The Hall–Kier alpha value is -1.41. The Morgan fingerprint density at radius 1 is 1.48 bits per heavy atom. The third-order valence-corrected chi connectivity index (χ3v) is 5.95. The second-order valence-corrected chi connectivity index (χ2v) is 7.49. The summed E-state index contributed by atoms with van der Waals surface area (Å²) in [4.78, 5) is 9.03. The van der Waals surface area contributed by atoms with Crippen molar-refractivity contribution in [2.24, 2.45) is 11.1 Å². The fourth-order valence-corrected chi connectivity index (χ4v) is 3.94. The first-order chi connectivity index (χ1) is 10.0. The first kappa shape index (κ1) is 14.5. The summed E-state index contributed by atoms with van der Waals surface area (Å²) < 4.78 is 28.3. The van der Waals surface area contributed by atoms with E-state index < -0.39 is 10.0 Å². The Bertz CT molecular complexity index is 646. The minimum Gasteiger partial charge on any atom is -0.395 e. The minimum atomic E-state index is -3.48. The van der Waals surface area contributed by atoms with E-state index in [0.717, 1.165) is 18.6 Å². The van der Waals surface area contributed by atoms with Crippen LogP contribution in [0.5, 0.6) is 0 Å². The van der Waals surface area contributed by atoms with Crippen molar-refractivity contribution in [3.05, 3.63) is 12.5 Å². The molecule has 1 atom stereocenters. The van der Waals surface area contributed by atoms with Gasteiger partial charge in [-0.2, -0.15) is 4.31 Å². The van der Waals surface area contributed by atoms with Gasteiger partial charge in [0.25, 0.3) is 10.0 Å². The standard InChI is InChI=1S/C13H20N4O3S/c1-3-10(2)16-8-13(14-9-16)21(18,19)17-6-11(7-17)12-4-5-20-15-12/h8-11H,3-7H2,1-2H3. The van der Waals surface area contributed by atoms with Crippen LogP contribution < -0.4 is 0 Å². The maximum absolute atomic E-state index is 12.5. The molecule has 21 heavy (non-hydrogen) atoms. The van der Waals surface area contributed by atoms with E-state index in [9.17, 15) is 8.42 Å². The molecule has 3 heterocycles. The van der Waals surface area contributed by atoms with Gasteiger partial charge in [0.2, 0.25) is 0 Å². The summed E-state index contributed by atoms with van der Waals surface area (Å²) >= 11 is 0. The molecule has 1 saturated heterocycles. The number of rotatable bonds is 5. The first-order valence-electron chi connectivity index (χ1n) is 7.24. The van der Waals surface area contributed by atoms with Gasteiger partial charge >= 0.3 is 0 Å². The van der Waals surface area contributed by atoms with Crippen molar-refractivity contribution in [1.82, 2.24) is 13.9 Å². The second kappa shape index (κ2) is 5.42. The number of sulfonamides is 1. The quantitative estimate of drug-likeness (QED) is 0.820. The average Bonchev–Trinajstić information content (AvgIpc) is 3.06. The zero-order valence-electron chi connectivity index (χ0n) is 12.3. The number of aromatic nitrogens is 2. The summed E-state index contributed by atoms with van der Waals surface area (Å²) in [6, 6.07) is 0.246. The van der Waals surface area contributed by atoms with Crippen LogP contribution in [0, 0.1) is 5.92 Å². The third kappa shape index (κ3) is 2.57. The molecule has 1 aromatic heterocycles. The predicted octanol–water partition coefficient (Wildman–Crippen LogP) is 1.25. The van der Waals surface area contributed by atoms with Gasteiger partial charge in [0, 0.05) is 37.7 Å². The van der Waals surface area contributed by atoms with E-state index in [1.807, 2.05) is 11.5 Å². The number of imidazole rings is 1. The summed E-state index contributed by atoms with van der Waals surface area (Å²) in [7, 11) is -3.48. The van der Waals surface area contributed by atoms with Crippen LogP contribution in [-0.2, 0) is 14.9 Å². The monoisotopic (exact) mass is 312 g/mol. The molecule has 0 aromatic carbocycles. The molecule has 1 fully saturated rings. The molecule has 0 aliphatic carbocycles. The van der Waals surface area contributed by atoms with Crippen molar-refractivity contribution in [3.8, 4) is 0 Å². The highest BCUT2D eigenvalue weighted by atomic mass is 32.2. The smallest absolute Gasteiger partial charge is 0.262 e. The van der Waals surface area contributed by atoms with Gasteiger partial charge in [-0.15, -0.1) is 0 Å². The van der Waals surface area contributed by atoms with Gasteiger partial charge in [0.15, 0.2) is 5.03 Å². The largest absolute Gasteiger partial charge is 0.395 e. The number of hydrogen-bond donors (Lipinski definition) is 0. The van der Waals surface area contributed by atoms with Gasteiger partial charge in [0.05, 0.1) is 12.0 Å². The molecule has 0 saturated carbocycles. The third-order valence-electron chi connectivity index (χ3n) is 4.23.